The van der Waals surface area contributed by atoms with Gasteiger partial charge in [-0.1, -0.05) is 24.3 Å². The maximum atomic E-state index is 12.7. The Kier molecular flexibility index (Phi) is 4.12. The van der Waals surface area contributed by atoms with E-state index in [9.17, 15) is 24.5 Å². The third-order valence-corrected chi connectivity index (χ3v) is 3.80. The van der Waals surface area contributed by atoms with Gasteiger partial charge < -0.3 is 0 Å². The first kappa shape index (κ1) is 16.5. The number of nitrogens with one attached hydrogen (secondary N) is 1. The number of rotatable bonds is 4. The minimum absolute atomic E-state index is 0.0745. The van der Waals surface area contributed by atoms with Crippen LogP contribution in [0.15, 0.2) is 36.4 Å². The summed E-state index contributed by atoms with van der Waals surface area (Å²) in [5.74, 6) is -2.02. The van der Waals surface area contributed by atoms with Gasteiger partial charge in [0.15, 0.2) is 5.78 Å². The van der Waals surface area contributed by atoms with E-state index in [1.165, 1.54) is 18.2 Å². The molecule has 8 heteroatoms. The molecule has 0 aliphatic heterocycles. The molecule has 2 aromatic rings. The smallest absolute Gasteiger partial charge is 0.289 e. The SMILES string of the molecule is CCONC(=O)c1ccc2c(c1[N+](=O)[O-])C(=O)c1ccccc1C2=O. The zero-order chi connectivity index (χ0) is 18.1. The Morgan fingerprint density at radius 2 is 1.72 bits per heavy atom. The number of nitrogens with zero attached hydrogens (tertiary/aromatic N) is 1. The predicted octanol–water partition coefficient (Wildman–Crippen LogP) is 2.05. The molecular formula is C17H12N2O6. The minimum atomic E-state index is -0.865. The van der Waals surface area contributed by atoms with Crippen LogP contribution in [0, 0.1) is 10.1 Å². The summed E-state index contributed by atoms with van der Waals surface area (Å²) in [4.78, 5) is 52.9. The van der Waals surface area contributed by atoms with Gasteiger partial charge in [-0.2, -0.15) is 0 Å². The Morgan fingerprint density at radius 3 is 2.32 bits per heavy atom. The summed E-state index contributed by atoms with van der Waals surface area (Å²) >= 11 is 0. The quantitative estimate of drug-likeness (QED) is 0.574. The molecule has 0 unspecified atom stereocenters. The first-order valence-electron chi connectivity index (χ1n) is 7.39. The average molecular weight is 340 g/mol. The molecule has 0 fully saturated rings. The molecule has 1 aliphatic rings. The van der Waals surface area contributed by atoms with Crippen molar-refractivity contribution in [3.05, 3.63) is 74.3 Å². The van der Waals surface area contributed by atoms with Crippen molar-refractivity contribution >= 4 is 23.2 Å². The molecular weight excluding hydrogens is 328 g/mol. The van der Waals surface area contributed by atoms with Crippen LogP contribution in [0.4, 0.5) is 5.69 Å². The number of hydroxylamine groups is 1. The summed E-state index contributed by atoms with van der Waals surface area (Å²) in [6.07, 6.45) is 0. The number of fused-ring (bicyclic) bond motifs is 2. The summed E-state index contributed by atoms with van der Waals surface area (Å²) in [6.45, 7) is 1.79. The van der Waals surface area contributed by atoms with Crippen molar-refractivity contribution in [2.75, 3.05) is 6.61 Å². The monoisotopic (exact) mass is 340 g/mol. The van der Waals surface area contributed by atoms with Crippen LogP contribution < -0.4 is 5.48 Å². The fraction of sp³-hybridized carbons (Fsp3) is 0.118. The topological polar surface area (TPSA) is 116 Å². The summed E-state index contributed by atoms with van der Waals surface area (Å²) in [5.41, 5.74) is 0.786. The van der Waals surface area contributed by atoms with Crippen molar-refractivity contribution in [3.63, 3.8) is 0 Å². The lowest BCUT2D eigenvalue weighted by Crippen LogP contribution is -2.27. The lowest BCUT2D eigenvalue weighted by molar-refractivity contribution is -0.385. The number of hydrogen-bond donors (Lipinski definition) is 1. The molecule has 3 rings (SSSR count). The van der Waals surface area contributed by atoms with E-state index >= 15 is 0 Å². The van der Waals surface area contributed by atoms with Gasteiger partial charge in [-0.25, -0.2) is 5.48 Å². The van der Waals surface area contributed by atoms with E-state index < -0.39 is 28.1 Å². The Labute approximate surface area is 141 Å². The highest BCUT2D eigenvalue weighted by Gasteiger charge is 2.38. The second-order valence-corrected chi connectivity index (χ2v) is 5.21. The van der Waals surface area contributed by atoms with E-state index in [2.05, 4.69) is 5.48 Å². The Bertz CT molecular complexity index is 935. The van der Waals surface area contributed by atoms with Crippen LogP contribution in [-0.4, -0.2) is 29.0 Å². The molecule has 0 atom stereocenters. The molecule has 0 bridgehead atoms. The van der Waals surface area contributed by atoms with E-state index in [0.717, 1.165) is 6.07 Å². The van der Waals surface area contributed by atoms with Crippen molar-refractivity contribution in [2.24, 2.45) is 0 Å². The number of benzene rings is 2. The number of carbonyl (C=O) groups is 3. The van der Waals surface area contributed by atoms with Gasteiger partial charge in [0.25, 0.3) is 11.6 Å². The fourth-order valence-corrected chi connectivity index (χ4v) is 2.73. The molecule has 2 aromatic carbocycles. The normalized spacial score (nSPS) is 12.4. The molecule has 1 amide bonds. The van der Waals surface area contributed by atoms with E-state index in [4.69, 9.17) is 4.84 Å². The number of ketones is 2. The number of hydrogen-bond acceptors (Lipinski definition) is 6. The van der Waals surface area contributed by atoms with Crippen LogP contribution in [0.1, 0.15) is 49.1 Å². The second-order valence-electron chi connectivity index (χ2n) is 5.21. The molecule has 0 saturated heterocycles. The lowest BCUT2D eigenvalue weighted by atomic mass is 9.82. The molecule has 0 aromatic heterocycles. The Hall–Kier alpha value is -3.39. The first-order valence-corrected chi connectivity index (χ1v) is 7.39. The van der Waals surface area contributed by atoms with Crippen LogP contribution in [-0.2, 0) is 4.84 Å². The second kappa shape index (κ2) is 6.25. The van der Waals surface area contributed by atoms with Crippen LogP contribution in [0.2, 0.25) is 0 Å². The summed E-state index contributed by atoms with van der Waals surface area (Å²) in [6, 6.07) is 8.47. The highest BCUT2D eigenvalue weighted by atomic mass is 16.7. The summed E-state index contributed by atoms with van der Waals surface area (Å²) < 4.78 is 0. The van der Waals surface area contributed by atoms with Crippen molar-refractivity contribution in [1.29, 1.82) is 0 Å². The number of nitro benzene ring substituents is 1. The van der Waals surface area contributed by atoms with Gasteiger partial charge in [0, 0.05) is 16.7 Å². The largest absolute Gasteiger partial charge is 0.294 e. The van der Waals surface area contributed by atoms with Crippen LogP contribution in [0.25, 0.3) is 0 Å². The number of carbonyl (C=O) groups excluding carboxylic acids is 3. The van der Waals surface area contributed by atoms with Gasteiger partial charge in [0.05, 0.1) is 11.5 Å². The maximum absolute atomic E-state index is 12.7. The Balaban J connectivity index is 2.24. The highest BCUT2D eigenvalue weighted by molar-refractivity contribution is 6.30. The van der Waals surface area contributed by atoms with Crippen LogP contribution in [0.5, 0.6) is 0 Å². The molecule has 1 aliphatic carbocycles. The number of amides is 1. The van der Waals surface area contributed by atoms with Gasteiger partial charge in [-0.05, 0) is 19.1 Å². The molecule has 25 heavy (non-hydrogen) atoms. The van der Waals surface area contributed by atoms with Crippen LogP contribution in [0.3, 0.4) is 0 Å². The van der Waals surface area contributed by atoms with Gasteiger partial charge in [0.1, 0.15) is 11.1 Å². The molecule has 1 N–H and O–H groups in total. The van der Waals surface area contributed by atoms with Crippen molar-refractivity contribution in [3.8, 4) is 0 Å². The standard InChI is InChI=1S/C17H12N2O6/c1-2-25-18-17(22)12-8-7-11-13(14(12)19(23)24)16(21)10-6-4-3-5-9(10)15(11)20/h3-8H,2H2,1H3,(H,18,22). The predicted molar refractivity (Wildman–Crippen MR) is 85.5 cm³/mol. The third kappa shape index (κ3) is 2.58. The maximum Gasteiger partial charge on any atom is 0.294 e. The summed E-state index contributed by atoms with van der Waals surface area (Å²) in [7, 11) is 0. The Morgan fingerprint density at radius 1 is 1.08 bits per heavy atom. The molecule has 0 heterocycles. The zero-order valence-corrected chi connectivity index (χ0v) is 13.1. The minimum Gasteiger partial charge on any atom is -0.289 e. The summed E-state index contributed by atoms with van der Waals surface area (Å²) in [5, 5.41) is 11.6. The van der Waals surface area contributed by atoms with Gasteiger partial charge in [-0.3, -0.25) is 29.3 Å². The fourth-order valence-electron chi connectivity index (χ4n) is 2.73. The van der Waals surface area contributed by atoms with Crippen molar-refractivity contribution in [2.45, 2.75) is 6.92 Å². The molecule has 126 valence electrons. The van der Waals surface area contributed by atoms with E-state index in [-0.39, 0.29) is 34.4 Å². The van der Waals surface area contributed by atoms with E-state index in [1.54, 1.807) is 19.1 Å². The first-order chi connectivity index (χ1) is 12.0. The molecule has 0 spiro atoms. The van der Waals surface area contributed by atoms with E-state index in [0.29, 0.717) is 0 Å². The average Bonchev–Trinajstić information content (AvgIpc) is 2.62. The van der Waals surface area contributed by atoms with Gasteiger partial charge >= 0.3 is 0 Å². The van der Waals surface area contributed by atoms with E-state index in [1.807, 2.05) is 0 Å². The van der Waals surface area contributed by atoms with Gasteiger partial charge in [0.2, 0.25) is 5.78 Å². The van der Waals surface area contributed by atoms with Gasteiger partial charge in [-0.15, -0.1) is 0 Å². The number of nitro groups is 1. The molecule has 8 nitrogen and oxygen atoms in total. The van der Waals surface area contributed by atoms with Crippen molar-refractivity contribution in [1.82, 2.24) is 5.48 Å². The highest BCUT2D eigenvalue weighted by Crippen LogP contribution is 2.35. The third-order valence-electron chi connectivity index (χ3n) is 3.80. The van der Waals surface area contributed by atoms with Crippen LogP contribution >= 0.6 is 0 Å². The zero-order valence-electron chi connectivity index (χ0n) is 13.1. The van der Waals surface area contributed by atoms with Crippen molar-refractivity contribution < 1.29 is 24.1 Å². The molecule has 0 radical (unpaired) electrons. The molecule has 0 saturated carbocycles. The lowest BCUT2D eigenvalue weighted by Gasteiger charge is -2.18.